The molecule has 0 saturated heterocycles. The van der Waals surface area contributed by atoms with Crippen molar-refractivity contribution >= 4 is 5.97 Å². The fourth-order valence-corrected chi connectivity index (χ4v) is 6.41. The van der Waals surface area contributed by atoms with Gasteiger partial charge in [0.1, 0.15) is 12.5 Å². The molecule has 5 heteroatoms. The molecule has 0 bridgehead atoms. The minimum Gasteiger partial charge on any atom is -0.497 e. The van der Waals surface area contributed by atoms with E-state index in [1.165, 1.54) is 11.1 Å². The summed E-state index contributed by atoms with van der Waals surface area (Å²) in [6.07, 6.45) is 4.70. The van der Waals surface area contributed by atoms with Crippen molar-refractivity contribution in [2.45, 2.75) is 51.0 Å². The topological polar surface area (TPSA) is 65.0 Å². The molecule has 2 fully saturated rings. The van der Waals surface area contributed by atoms with Crippen LogP contribution in [0.1, 0.15) is 49.7 Å². The van der Waals surface area contributed by atoms with E-state index in [1.54, 1.807) is 14.2 Å². The molecule has 6 atom stereocenters. The molecule has 2 saturated carbocycles. The summed E-state index contributed by atoms with van der Waals surface area (Å²) in [5.41, 5.74) is 2.68. The molecule has 0 unspecified atom stereocenters. The summed E-state index contributed by atoms with van der Waals surface area (Å²) in [6.45, 7) is 2.48. The van der Waals surface area contributed by atoms with E-state index in [-0.39, 0.29) is 30.1 Å². The predicted octanol–water partition coefficient (Wildman–Crippen LogP) is 3.85. The van der Waals surface area contributed by atoms with E-state index in [0.29, 0.717) is 18.3 Å². The molecule has 1 aromatic rings. The fourth-order valence-electron chi connectivity index (χ4n) is 6.41. The van der Waals surface area contributed by atoms with Crippen molar-refractivity contribution in [1.29, 1.82) is 0 Å². The highest BCUT2D eigenvalue weighted by Crippen LogP contribution is 2.63. The van der Waals surface area contributed by atoms with E-state index in [2.05, 4.69) is 19.1 Å². The molecule has 0 amide bonds. The van der Waals surface area contributed by atoms with Gasteiger partial charge in [0.05, 0.1) is 19.1 Å². The van der Waals surface area contributed by atoms with Crippen molar-refractivity contribution in [3.63, 3.8) is 0 Å². The van der Waals surface area contributed by atoms with Gasteiger partial charge in [0.15, 0.2) is 0 Å². The number of carbonyl (C=O) groups is 1. The molecule has 5 nitrogen and oxygen atoms in total. The summed E-state index contributed by atoms with van der Waals surface area (Å²) >= 11 is 0. The minimum absolute atomic E-state index is 0.0400. The van der Waals surface area contributed by atoms with E-state index in [4.69, 9.17) is 14.2 Å². The van der Waals surface area contributed by atoms with Crippen molar-refractivity contribution < 1.29 is 24.1 Å². The molecule has 1 aromatic carbocycles. The van der Waals surface area contributed by atoms with Crippen LogP contribution in [-0.2, 0) is 20.7 Å². The Morgan fingerprint density at radius 2 is 2.11 bits per heavy atom. The van der Waals surface area contributed by atoms with E-state index in [1.807, 2.05) is 6.07 Å². The summed E-state index contributed by atoms with van der Waals surface area (Å²) in [5.74, 6) is 0.916. The number of benzene rings is 1. The van der Waals surface area contributed by atoms with E-state index in [0.717, 1.165) is 31.4 Å². The highest BCUT2D eigenvalue weighted by atomic mass is 16.7. The molecule has 148 valence electrons. The number of carboxylic acid groups (broad SMARTS) is 1. The van der Waals surface area contributed by atoms with Gasteiger partial charge in [-0.3, -0.25) is 4.79 Å². The van der Waals surface area contributed by atoms with Crippen LogP contribution in [0.2, 0.25) is 0 Å². The number of methoxy groups -OCH3 is 2. The number of hydrogen-bond donors (Lipinski definition) is 1. The van der Waals surface area contributed by atoms with Crippen LogP contribution in [0.5, 0.6) is 5.75 Å². The van der Waals surface area contributed by atoms with Crippen molar-refractivity contribution in [3.8, 4) is 5.75 Å². The van der Waals surface area contributed by atoms with Crippen LogP contribution in [0.25, 0.3) is 0 Å². The molecule has 0 aromatic heterocycles. The number of carboxylic acids is 1. The molecule has 0 spiro atoms. The van der Waals surface area contributed by atoms with Gasteiger partial charge in [-0.05, 0) is 78.5 Å². The molecule has 4 rings (SSSR count). The maximum absolute atomic E-state index is 12.1. The third-order valence-corrected chi connectivity index (χ3v) is 7.57. The summed E-state index contributed by atoms with van der Waals surface area (Å²) in [7, 11) is 3.32. The van der Waals surface area contributed by atoms with Crippen LogP contribution >= 0.6 is 0 Å². The van der Waals surface area contributed by atoms with Gasteiger partial charge >= 0.3 is 5.97 Å². The van der Waals surface area contributed by atoms with Crippen LogP contribution < -0.4 is 4.74 Å². The first-order valence-corrected chi connectivity index (χ1v) is 9.99. The second kappa shape index (κ2) is 7.10. The molecule has 3 aliphatic rings. The SMILES string of the molecule is COCO[C@H]1C[C@H](C(=O)O)[C@H]2[C@@H]3CCc4cc(OC)ccc4[C@H]3CC[C@@]21C. The number of fused-ring (bicyclic) bond motifs is 5. The summed E-state index contributed by atoms with van der Waals surface area (Å²) in [4.78, 5) is 12.1. The lowest BCUT2D eigenvalue weighted by Crippen LogP contribution is -2.46. The maximum atomic E-state index is 12.1. The molecular formula is C22H30O5. The zero-order valence-electron chi connectivity index (χ0n) is 16.4. The first-order chi connectivity index (χ1) is 13.0. The van der Waals surface area contributed by atoms with E-state index in [9.17, 15) is 9.90 Å². The van der Waals surface area contributed by atoms with Crippen molar-refractivity contribution in [1.82, 2.24) is 0 Å². The van der Waals surface area contributed by atoms with E-state index >= 15 is 0 Å². The minimum atomic E-state index is -0.670. The number of ether oxygens (including phenoxy) is 3. The lowest BCUT2D eigenvalue weighted by atomic mass is 9.54. The largest absolute Gasteiger partial charge is 0.497 e. The third kappa shape index (κ3) is 2.95. The Labute approximate surface area is 161 Å². The summed E-state index contributed by atoms with van der Waals surface area (Å²) < 4.78 is 16.5. The third-order valence-electron chi connectivity index (χ3n) is 7.57. The molecule has 3 aliphatic carbocycles. The second-order valence-electron chi connectivity index (χ2n) is 8.69. The Kier molecular flexibility index (Phi) is 4.93. The van der Waals surface area contributed by atoms with Crippen LogP contribution in [-0.4, -0.2) is 38.2 Å². The Bertz CT molecular complexity index is 717. The summed E-state index contributed by atoms with van der Waals surface area (Å²) in [5, 5.41) is 9.96. The Balaban J connectivity index is 1.67. The highest BCUT2D eigenvalue weighted by Gasteiger charge is 2.61. The van der Waals surface area contributed by atoms with Gasteiger partial charge in [0.2, 0.25) is 0 Å². The van der Waals surface area contributed by atoms with Crippen molar-refractivity contribution in [2.24, 2.45) is 23.2 Å². The predicted molar refractivity (Wildman–Crippen MR) is 101 cm³/mol. The monoisotopic (exact) mass is 374 g/mol. The maximum Gasteiger partial charge on any atom is 0.306 e. The average Bonchev–Trinajstić information content (AvgIpc) is 2.98. The van der Waals surface area contributed by atoms with Crippen LogP contribution in [0, 0.1) is 23.2 Å². The van der Waals surface area contributed by atoms with Gasteiger partial charge in [0, 0.05) is 7.11 Å². The van der Waals surface area contributed by atoms with Crippen LogP contribution in [0.4, 0.5) is 0 Å². The highest BCUT2D eigenvalue weighted by molar-refractivity contribution is 5.71. The smallest absolute Gasteiger partial charge is 0.306 e. The lowest BCUT2D eigenvalue weighted by Gasteiger charge is -2.51. The molecule has 0 aliphatic heterocycles. The Hall–Kier alpha value is -1.59. The van der Waals surface area contributed by atoms with Crippen molar-refractivity contribution in [3.05, 3.63) is 29.3 Å². The molecule has 1 N–H and O–H groups in total. The second-order valence-corrected chi connectivity index (χ2v) is 8.69. The summed E-state index contributed by atoms with van der Waals surface area (Å²) in [6, 6.07) is 6.41. The Morgan fingerprint density at radius 3 is 2.81 bits per heavy atom. The van der Waals surface area contributed by atoms with Crippen molar-refractivity contribution in [2.75, 3.05) is 21.0 Å². The van der Waals surface area contributed by atoms with Crippen LogP contribution in [0.15, 0.2) is 18.2 Å². The number of hydrogen-bond acceptors (Lipinski definition) is 4. The van der Waals surface area contributed by atoms with Gasteiger partial charge in [-0.15, -0.1) is 0 Å². The van der Waals surface area contributed by atoms with Gasteiger partial charge in [-0.25, -0.2) is 0 Å². The van der Waals surface area contributed by atoms with Crippen LogP contribution in [0.3, 0.4) is 0 Å². The quantitative estimate of drug-likeness (QED) is 0.793. The zero-order valence-corrected chi connectivity index (χ0v) is 16.4. The zero-order chi connectivity index (χ0) is 19.2. The average molecular weight is 374 g/mol. The standard InChI is InChI=1S/C22H30O5/c1-22-9-8-16-15-7-5-14(26-3)10-13(15)4-6-17(16)20(22)18(21(23)24)11-19(22)27-12-25-2/h5,7,10,16-20H,4,6,8-9,11-12H2,1-3H3,(H,23,24)/t16-,17-,18+,19+,20-,22-/m1/s1. The normalized spacial score (nSPS) is 37.2. The number of aliphatic carboxylic acids is 1. The molecular weight excluding hydrogens is 344 g/mol. The van der Waals surface area contributed by atoms with Gasteiger partial charge in [-0.2, -0.15) is 0 Å². The van der Waals surface area contributed by atoms with Gasteiger partial charge in [0.25, 0.3) is 0 Å². The number of aryl methyl sites for hydroxylation is 1. The first kappa shape index (κ1) is 18.8. The first-order valence-electron chi connectivity index (χ1n) is 9.99. The molecule has 0 heterocycles. The Morgan fingerprint density at radius 1 is 1.30 bits per heavy atom. The lowest BCUT2D eigenvalue weighted by molar-refractivity contribution is -0.146. The molecule has 27 heavy (non-hydrogen) atoms. The van der Waals surface area contributed by atoms with Gasteiger partial charge in [-0.1, -0.05) is 13.0 Å². The van der Waals surface area contributed by atoms with Gasteiger partial charge < -0.3 is 19.3 Å². The molecule has 0 radical (unpaired) electrons. The van der Waals surface area contributed by atoms with E-state index < -0.39 is 5.97 Å². The number of rotatable bonds is 5. The fraction of sp³-hybridized carbons (Fsp3) is 0.682.